The maximum absolute atomic E-state index is 11.9. The van der Waals surface area contributed by atoms with Crippen molar-refractivity contribution in [3.63, 3.8) is 0 Å². The van der Waals surface area contributed by atoms with Crippen molar-refractivity contribution in [2.75, 3.05) is 6.54 Å². The lowest BCUT2D eigenvalue weighted by atomic mass is 10.1. The van der Waals surface area contributed by atoms with Crippen molar-refractivity contribution < 1.29 is 4.79 Å². The quantitative estimate of drug-likeness (QED) is 0.808. The van der Waals surface area contributed by atoms with Crippen molar-refractivity contribution in [3.8, 4) is 0 Å². The minimum absolute atomic E-state index is 0.00684. The largest absolute Gasteiger partial charge is 0.352 e. The molecule has 0 saturated carbocycles. The fourth-order valence-electron chi connectivity index (χ4n) is 2.00. The van der Waals surface area contributed by atoms with Gasteiger partial charge in [-0.3, -0.25) is 9.89 Å². The van der Waals surface area contributed by atoms with Crippen LogP contribution in [0.2, 0.25) is 0 Å². The molecule has 0 aliphatic carbocycles. The van der Waals surface area contributed by atoms with Gasteiger partial charge in [-0.2, -0.15) is 5.10 Å². The van der Waals surface area contributed by atoms with Gasteiger partial charge in [-0.15, -0.1) is 0 Å². The third-order valence-electron chi connectivity index (χ3n) is 3.12. The van der Waals surface area contributed by atoms with E-state index in [4.69, 9.17) is 0 Å². The highest BCUT2D eigenvalue weighted by Crippen LogP contribution is 2.06. The molecule has 0 bridgehead atoms. The molecule has 0 radical (unpaired) electrons. The molecule has 0 fully saturated rings. The van der Waals surface area contributed by atoms with Gasteiger partial charge in [0.25, 0.3) is 5.91 Å². The standard InChI is InChI=1S/C15H19N3O/c1-11-5-3-6-13(9-11)15(19)16-8-4-7-14-10-17-18-12(14)2/h3,5-6,9-10H,4,7-8H2,1-2H3,(H,16,19)(H,17,18). The first-order valence-corrected chi connectivity index (χ1v) is 6.50. The Labute approximate surface area is 113 Å². The van der Waals surface area contributed by atoms with Crippen LogP contribution < -0.4 is 5.32 Å². The number of aromatic amines is 1. The highest BCUT2D eigenvalue weighted by Gasteiger charge is 2.05. The van der Waals surface area contributed by atoms with E-state index in [1.165, 1.54) is 5.56 Å². The van der Waals surface area contributed by atoms with E-state index in [1.807, 2.05) is 44.3 Å². The van der Waals surface area contributed by atoms with Crippen molar-refractivity contribution in [1.82, 2.24) is 15.5 Å². The molecule has 1 amide bonds. The lowest BCUT2D eigenvalue weighted by molar-refractivity contribution is 0.0953. The SMILES string of the molecule is Cc1cccc(C(=O)NCCCc2cn[nH]c2C)c1. The highest BCUT2D eigenvalue weighted by molar-refractivity contribution is 5.94. The number of H-pyrrole nitrogens is 1. The number of aryl methyl sites for hydroxylation is 3. The summed E-state index contributed by atoms with van der Waals surface area (Å²) in [6.45, 7) is 4.67. The van der Waals surface area contributed by atoms with E-state index in [0.29, 0.717) is 6.54 Å². The number of rotatable bonds is 5. The van der Waals surface area contributed by atoms with Crippen molar-refractivity contribution in [2.45, 2.75) is 26.7 Å². The van der Waals surface area contributed by atoms with Crippen LogP contribution in [0.4, 0.5) is 0 Å². The normalized spacial score (nSPS) is 10.4. The summed E-state index contributed by atoms with van der Waals surface area (Å²) in [5.41, 5.74) is 4.14. The molecule has 2 N–H and O–H groups in total. The summed E-state index contributed by atoms with van der Waals surface area (Å²) < 4.78 is 0. The second-order valence-electron chi connectivity index (χ2n) is 4.75. The Kier molecular flexibility index (Phi) is 4.34. The van der Waals surface area contributed by atoms with E-state index in [0.717, 1.165) is 29.7 Å². The van der Waals surface area contributed by atoms with Crippen molar-refractivity contribution in [2.24, 2.45) is 0 Å². The molecule has 100 valence electrons. The predicted octanol–water partition coefficient (Wildman–Crippen LogP) is 2.39. The van der Waals surface area contributed by atoms with Crippen LogP contribution in [-0.2, 0) is 6.42 Å². The number of nitrogens with zero attached hydrogens (tertiary/aromatic N) is 1. The van der Waals surface area contributed by atoms with Gasteiger partial charge in [-0.25, -0.2) is 0 Å². The van der Waals surface area contributed by atoms with E-state index < -0.39 is 0 Å². The van der Waals surface area contributed by atoms with E-state index in [9.17, 15) is 4.79 Å². The third kappa shape index (κ3) is 3.68. The van der Waals surface area contributed by atoms with Crippen molar-refractivity contribution >= 4 is 5.91 Å². The fourth-order valence-corrected chi connectivity index (χ4v) is 2.00. The third-order valence-corrected chi connectivity index (χ3v) is 3.12. The molecule has 0 atom stereocenters. The topological polar surface area (TPSA) is 57.8 Å². The van der Waals surface area contributed by atoms with Gasteiger partial charge in [0.15, 0.2) is 0 Å². The maximum atomic E-state index is 11.9. The van der Waals surface area contributed by atoms with E-state index in [2.05, 4.69) is 15.5 Å². The molecule has 0 saturated heterocycles. The Morgan fingerprint density at radius 1 is 1.37 bits per heavy atom. The van der Waals surface area contributed by atoms with Crippen molar-refractivity contribution in [1.29, 1.82) is 0 Å². The molecule has 1 heterocycles. The molecule has 1 aromatic heterocycles. The average molecular weight is 257 g/mol. The Morgan fingerprint density at radius 2 is 2.21 bits per heavy atom. The molecule has 4 heteroatoms. The van der Waals surface area contributed by atoms with Gasteiger partial charge >= 0.3 is 0 Å². The number of carbonyl (C=O) groups is 1. The zero-order valence-corrected chi connectivity index (χ0v) is 11.4. The summed E-state index contributed by atoms with van der Waals surface area (Å²) in [5.74, 6) is -0.00684. The van der Waals surface area contributed by atoms with Gasteiger partial charge in [0.1, 0.15) is 0 Å². The summed E-state index contributed by atoms with van der Waals surface area (Å²) >= 11 is 0. The molecule has 2 rings (SSSR count). The second-order valence-corrected chi connectivity index (χ2v) is 4.75. The van der Waals surface area contributed by atoms with Gasteiger partial charge in [0, 0.05) is 17.8 Å². The summed E-state index contributed by atoms with van der Waals surface area (Å²) in [4.78, 5) is 11.9. The summed E-state index contributed by atoms with van der Waals surface area (Å²) in [5, 5.41) is 9.83. The number of benzene rings is 1. The number of amides is 1. The lowest BCUT2D eigenvalue weighted by Gasteiger charge is -2.05. The summed E-state index contributed by atoms with van der Waals surface area (Å²) in [6, 6.07) is 7.62. The van der Waals surface area contributed by atoms with Crippen LogP contribution in [0.15, 0.2) is 30.5 Å². The molecule has 19 heavy (non-hydrogen) atoms. The highest BCUT2D eigenvalue weighted by atomic mass is 16.1. The van der Waals surface area contributed by atoms with Gasteiger partial charge in [0.05, 0.1) is 6.20 Å². The number of hydrogen-bond acceptors (Lipinski definition) is 2. The van der Waals surface area contributed by atoms with Crippen LogP contribution in [0, 0.1) is 13.8 Å². The number of aromatic nitrogens is 2. The molecular weight excluding hydrogens is 238 g/mol. The van der Waals surface area contributed by atoms with Crippen LogP contribution >= 0.6 is 0 Å². The first-order valence-electron chi connectivity index (χ1n) is 6.50. The van der Waals surface area contributed by atoms with Gasteiger partial charge in [0.2, 0.25) is 0 Å². The van der Waals surface area contributed by atoms with Crippen LogP contribution in [0.1, 0.15) is 33.6 Å². The minimum Gasteiger partial charge on any atom is -0.352 e. The molecule has 1 aromatic carbocycles. The molecule has 0 aliphatic heterocycles. The second kappa shape index (κ2) is 6.18. The Morgan fingerprint density at radius 3 is 2.89 bits per heavy atom. The molecular formula is C15H19N3O. The maximum Gasteiger partial charge on any atom is 0.251 e. The number of carbonyl (C=O) groups excluding carboxylic acids is 1. The smallest absolute Gasteiger partial charge is 0.251 e. The Balaban J connectivity index is 1.77. The zero-order valence-electron chi connectivity index (χ0n) is 11.4. The van der Waals surface area contributed by atoms with Crippen LogP contribution in [0.5, 0.6) is 0 Å². The van der Waals surface area contributed by atoms with E-state index in [-0.39, 0.29) is 5.91 Å². The van der Waals surface area contributed by atoms with Crippen LogP contribution in [0.25, 0.3) is 0 Å². The van der Waals surface area contributed by atoms with Crippen LogP contribution in [0.3, 0.4) is 0 Å². The number of hydrogen-bond donors (Lipinski definition) is 2. The average Bonchev–Trinajstić information content (AvgIpc) is 2.80. The van der Waals surface area contributed by atoms with Gasteiger partial charge in [-0.05, 0) is 44.4 Å². The number of nitrogens with one attached hydrogen (secondary N) is 2. The molecule has 4 nitrogen and oxygen atoms in total. The summed E-state index contributed by atoms with van der Waals surface area (Å²) in [6.07, 6.45) is 3.69. The molecule has 0 aliphatic rings. The monoisotopic (exact) mass is 257 g/mol. The first kappa shape index (κ1) is 13.3. The van der Waals surface area contributed by atoms with Gasteiger partial charge in [-0.1, -0.05) is 17.7 Å². The zero-order chi connectivity index (χ0) is 13.7. The van der Waals surface area contributed by atoms with Crippen molar-refractivity contribution in [3.05, 3.63) is 52.8 Å². The van der Waals surface area contributed by atoms with Crippen LogP contribution in [-0.4, -0.2) is 22.6 Å². The lowest BCUT2D eigenvalue weighted by Crippen LogP contribution is -2.24. The Hall–Kier alpha value is -2.10. The first-order chi connectivity index (χ1) is 9.16. The Bertz CT molecular complexity index is 560. The van der Waals surface area contributed by atoms with E-state index in [1.54, 1.807) is 0 Å². The minimum atomic E-state index is -0.00684. The molecule has 0 spiro atoms. The predicted molar refractivity (Wildman–Crippen MR) is 75.2 cm³/mol. The fraction of sp³-hybridized carbons (Fsp3) is 0.333. The molecule has 0 unspecified atom stereocenters. The van der Waals surface area contributed by atoms with Gasteiger partial charge < -0.3 is 5.32 Å². The van der Waals surface area contributed by atoms with E-state index >= 15 is 0 Å². The molecule has 2 aromatic rings. The summed E-state index contributed by atoms with van der Waals surface area (Å²) in [7, 11) is 0.